The number of nitrogens with zero attached hydrogens (tertiary/aromatic N) is 2. The van der Waals surface area contributed by atoms with Crippen LogP contribution in [-0.4, -0.2) is 73.2 Å². The molecule has 1 aromatic rings. The highest BCUT2D eigenvalue weighted by molar-refractivity contribution is 5.90. The number of amides is 2. The maximum Gasteiger partial charge on any atom is 0.321 e. The van der Waals surface area contributed by atoms with Crippen LogP contribution in [0, 0.1) is 0 Å². The lowest BCUT2D eigenvalue weighted by Crippen LogP contribution is -2.39. The van der Waals surface area contributed by atoms with Gasteiger partial charge in [0.05, 0.1) is 45.2 Å². The van der Waals surface area contributed by atoms with Crippen LogP contribution in [0.25, 0.3) is 0 Å². The predicted molar refractivity (Wildman–Crippen MR) is 95.0 cm³/mol. The highest BCUT2D eigenvalue weighted by Crippen LogP contribution is 2.20. The van der Waals surface area contributed by atoms with E-state index in [0.29, 0.717) is 31.4 Å². The minimum atomic E-state index is -0.782. The molecule has 0 aliphatic rings. The van der Waals surface area contributed by atoms with Crippen molar-refractivity contribution in [2.24, 2.45) is 0 Å². The summed E-state index contributed by atoms with van der Waals surface area (Å²) in [5, 5.41) is 12.7. The fourth-order valence-corrected chi connectivity index (χ4v) is 1.96. The minimum absolute atomic E-state index is 0.135. The van der Waals surface area contributed by atoms with Crippen molar-refractivity contribution in [3.63, 3.8) is 0 Å². The van der Waals surface area contributed by atoms with Gasteiger partial charge in [0.1, 0.15) is 5.69 Å². The molecule has 1 aromatic heterocycles. The number of anilines is 1. The zero-order valence-corrected chi connectivity index (χ0v) is 15.4. The van der Waals surface area contributed by atoms with E-state index >= 15 is 0 Å². The van der Waals surface area contributed by atoms with E-state index in [1.54, 1.807) is 25.4 Å². The Morgan fingerprint density at radius 1 is 1.40 bits per heavy atom. The molecular weight excluding hydrogens is 326 g/mol. The van der Waals surface area contributed by atoms with Crippen molar-refractivity contribution in [2.75, 3.05) is 45.3 Å². The molecule has 1 unspecified atom stereocenters. The zero-order valence-electron chi connectivity index (χ0n) is 15.4. The van der Waals surface area contributed by atoms with E-state index in [1.807, 2.05) is 20.8 Å². The van der Waals surface area contributed by atoms with Crippen LogP contribution in [0.15, 0.2) is 18.3 Å². The summed E-state index contributed by atoms with van der Waals surface area (Å²) < 4.78 is 16.0. The maximum atomic E-state index is 12.2. The first-order chi connectivity index (χ1) is 11.9. The second kappa shape index (κ2) is 11.6. The van der Waals surface area contributed by atoms with Crippen LogP contribution in [0.3, 0.4) is 0 Å². The van der Waals surface area contributed by atoms with E-state index in [2.05, 4.69) is 10.3 Å². The lowest BCUT2D eigenvalue weighted by atomic mass is 10.3. The summed E-state index contributed by atoms with van der Waals surface area (Å²) in [6, 6.07) is 3.05. The number of carbonyl (C=O) groups is 1. The van der Waals surface area contributed by atoms with Crippen LogP contribution in [-0.2, 0) is 9.47 Å². The molecule has 1 rings (SSSR count). The second-order valence-corrected chi connectivity index (χ2v) is 5.75. The molecule has 1 atom stereocenters. The monoisotopic (exact) mass is 355 g/mol. The molecule has 0 saturated heterocycles. The first kappa shape index (κ1) is 21.1. The van der Waals surface area contributed by atoms with Gasteiger partial charge in [0, 0.05) is 13.2 Å². The lowest BCUT2D eigenvalue weighted by molar-refractivity contribution is -0.0144. The zero-order chi connectivity index (χ0) is 18.7. The van der Waals surface area contributed by atoms with E-state index in [9.17, 15) is 9.90 Å². The standard InChI is InChI=1S/C17H29N3O5/c1-5-24-16-15(7-6-8-18-16)19-17(22)20(4)11-14(21)12-23-9-10-25-13(2)3/h6-8,13-14,21H,5,9-12H2,1-4H3,(H,19,22). The molecule has 2 N–H and O–H groups in total. The van der Waals surface area contributed by atoms with Gasteiger partial charge in [0.15, 0.2) is 0 Å². The van der Waals surface area contributed by atoms with Crippen LogP contribution >= 0.6 is 0 Å². The number of carbonyl (C=O) groups excluding carboxylic acids is 1. The quantitative estimate of drug-likeness (QED) is 0.588. The number of ether oxygens (including phenoxy) is 3. The number of rotatable bonds is 11. The third-order valence-electron chi connectivity index (χ3n) is 3.11. The van der Waals surface area contributed by atoms with Gasteiger partial charge in [-0.25, -0.2) is 9.78 Å². The van der Waals surface area contributed by atoms with E-state index in [4.69, 9.17) is 14.2 Å². The fraction of sp³-hybridized carbons (Fsp3) is 0.647. The average molecular weight is 355 g/mol. The van der Waals surface area contributed by atoms with Crippen molar-refractivity contribution in [3.05, 3.63) is 18.3 Å². The van der Waals surface area contributed by atoms with Gasteiger partial charge in [-0.2, -0.15) is 0 Å². The molecular formula is C17H29N3O5. The highest BCUT2D eigenvalue weighted by Gasteiger charge is 2.16. The highest BCUT2D eigenvalue weighted by atomic mass is 16.5. The van der Waals surface area contributed by atoms with E-state index in [0.717, 1.165) is 0 Å². The molecule has 142 valence electrons. The number of urea groups is 1. The summed E-state index contributed by atoms with van der Waals surface area (Å²) in [5.74, 6) is 0.362. The van der Waals surface area contributed by atoms with Gasteiger partial charge < -0.3 is 29.5 Å². The normalized spacial score (nSPS) is 12.1. The Kier molecular flexibility index (Phi) is 9.83. The Morgan fingerprint density at radius 3 is 2.84 bits per heavy atom. The summed E-state index contributed by atoms with van der Waals surface area (Å²) in [5.41, 5.74) is 0.484. The summed E-state index contributed by atoms with van der Waals surface area (Å²) in [4.78, 5) is 17.7. The molecule has 1 heterocycles. The van der Waals surface area contributed by atoms with Gasteiger partial charge in [-0.15, -0.1) is 0 Å². The summed E-state index contributed by atoms with van der Waals surface area (Å²) in [6.45, 7) is 7.34. The Morgan fingerprint density at radius 2 is 2.16 bits per heavy atom. The Hall–Kier alpha value is -1.90. The molecule has 0 aliphatic heterocycles. The molecule has 8 heteroatoms. The van der Waals surface area contributed by atoms with Crippen molar-refractivity contribution in [2.45, 2.75) is 33.0 Å². The molecule has 0 aromatic carbocycles. The van der Waals surface area contributed by atoms with Crippen molar-refractivity contribution < 1.29 is 24.1 Å². The van der Waals surface area contributed by atoms with Gasteiger partial charge in [-0.05, 0) is 32.9 Å². The number of pyridine rings is 1. The number of aliphatic hydroxyl groups excluding tert-OH is 1. The summed E-state index contributed by atoms with van der Waals surface area (Å²) in [6.07, 6.45) is 0.960. The van der Waals surface area contributed by atoms with Gasteiger partial charge in [0.25, 0.3) is 0 Å². The van der Waals surface area contributed by atoms with E-state index < -0.39 is 6.10 Å². The number of hydrogen-bond acceptors (Lipinski definition) is 6. The number of aliphatic hydroxyl groups is 1. The second-order valence-electron chi connectivity index (χ2n) is 5.75. The molecule has 8 nitrogen and oxygen atoms in total. The first-order valence-corrected chi connectivity index (χ1v) is 8.41. The SMILES string of the molecule is CCOc1ncccc1NC(=O)N(C)CC(O)COCCOC(C)C. The molecule has 0 spiro atoms. The van der Waals surface area contributed by atoms with Crippen molar-refractivity contribution in [1.82, 2.24) is 9.88 Å². The fourth-order valence-electron chi connectivity index (χ4n) is 1.96. The molecule has 0 bridgehead atoms. The summed E-state index contributed by atoms with van der Waals surface area (Å²) >= 11 is 0. The average Bonchev–Trinajstić information content (AvgIpc) is 2.56. The van der Waals surface area contributed by atoms with Crippen LogP contribution in [0.4, 0.5) is 10.5 Å². The third-order valence-corrected chi connectivity index (χ3v) is 3.11. The van der Waals surface area contributed by atoms with Crippen molar-refractivity contribution in [1.29, 1.82) is 0 Å². The Bertz CT molecular complexity index is 513. The van der Waals surface area contributed by atoms with E-state index in [1.165, 1.54) is 4.90 Å². The van der Waals surface area contributed by atoms with Crippen molar-refractivity contribution >= 4 is 11.7 Å². The number of hydrogen-bond donors (Lipinski definition) is 2. The van der Waals surface area contributed by atoms with Crippen LogP contribution < -0.4 is 10.1 Å². The first-order valence-electron chi connectivity index (χ1n) is 8.41. The number of aromatic nitrogens is 1. The van der Waals surface area contributed by atoms with Crippen LogP contribution in [0.2, 0.25) is 0 Å². The largest absolute Gasteiger partial charge is 0.476 e. The topological polar surface area (TPSA) is 93.2 Å². The van der Waals surface area contributed by atoms with Gasteiger partial charge >= 0.3 is 6.03 Å². The lowest BCUT2D eigenvalue weighted by Gasteiger charge is -2.22. The molecule has 0 aliphatic carbocycles. The third kappa shape index (κ3) is 8.67. The van der Waals surface area contributed by atoms with E-state index in [-0.39, 0.29) is 25.3 Å². The molecule has 0 fully saturated rings. The maximum absolute atomic E-state index is 12.2. The van der Waals surface area contributed by atoms with Crippen LogP contribution in [0.1, 0.15) is 20.8 Å². The number of likely N-dealkylation sites (N-methyl/N-ethyl adjacent to an activating group) is 1. The minimum Gasteiger partial charge on any atom is -0.476 e. The number of nitrogens with one attached hydrogen (secondary N) is 1. The van der Waals surface area contributed by atoms with Gasteiger partial charge in [-0.1, -0.05) is 0 Å². The Labute approximate surface area is 149 Å². The smallest absolute Gasteiger partial charge is 0.321 e. The molecule has 0 saturated carbocycles. The molecule has 2 amide bonds. The molecule has 25 heavy (non-hydrogen) atoms. The summed E-state index contributed by atoms with van der Waals surface area (Å²) in [7, 11) is 1.59. The molecule has 0 radical (unpaired) electrons. The van der Waals surface area contributed by atoms with Crippen LogP contribution in [0.5, 0.6) is 5.88 Å². The van der Waals surface area contributed by atoms with Gasteiger partial charge in [0.2, 0.25) is 5.88 Å². The van der Waals surface area contributed by atoms with Crippen molar-refractivity contribution in [3.8, 4) is 5.88 Å². The van der Waals surface area contributed by atoms with Gasteiger partial charge in [-0.3, -0.25) is 0 Å². The Balaban J connectivity index is 2.36. The predicted octanol–water partition coefficient (Wildman–Crippen LogP) is 1.75.